The molecule has 0 aromatic heterocycles. The zero-order chi connectivity index (χ0) is 14.5. The van der Waals surface area contributed by atoms with Crippen LogP contribution in [-0.2, 0) is 17.6 Å². The molecule has 0 saturated heterocycles. The SMILES string of the molecule is CN(CCC(N)=S)C(=O)COc1ccc2c(c1)CCC2. The molecule has 0 spiro atoms. The average Bonchev–Trinajstić information content (AvgIpc) is 2.89. The summed E-state index contributed by atoms with van der Waals surface area (Å²) in [6.45, 7) is 0.578. The number of rotatable bonds is 6. The maximum atomic E-state index is 11.9. The minimum absolute atomic E-state index is 0.0482. The molecule has 0 unspecified atom stereocenters. The highest BCUT2D eigenvalue weighted by Crippen LogP contribution is 2.25. The molecule has 0 atom stereocenters. The number of benzene rings is 1. The van der Waals surface area contributed by atoms with Crippen LogP contribution in [0.25, 0.3) is 0 Å². The summed E-state index contributed by atoms with van der Waals surface area (Å²) in [4.78, 5) is 13.9. The van der Waals surface area contributed by atoms with Crippen molar-refractivity contribution in [3.8, 4) is 5.75 Å². The fourth-order valence-corrected chi connectivity index (χ4v) is 2.39. The van der Waals surface area contributed by atoms with Gasteiger partial charge < -0.3 is 15.4 Å². The maximum Gasteiger partial charge on any atom is 0.260 e. The summed E-state index contributed by atoms with van der Waals surface area (Å²) >= 11 is 4.80. The van der Waals surface area contributed by atoms with Crippen molar-refractivity contribution in [2.75, 3.05) is 20.2 Å². The van der Waals surface area contributed by atoms with Gasteiger partial charge in [-0.25, -0.2) is 0 Å². The third-order valence-electron chi connectivity index (χ3n) is 3.55. The van der Waals surface area contributed by atoms with Crippen LogP contribution >= 0.6 is 12.2 Å². The Bertz CT molecular complexity index is 517. The topological polar surface area (TPSA) is 55.6 Å². The molecule has 2 rings (SSSR count). The van der Waals surface area contributed by atoms with Crippen molar-refractivity contribution in [2.45, 2.75) is 25.7 Å². The molecule has 1 amide bonds. The molecule has 0 fully saturated rings. The summed E-state index contributed by atoms with van der Waals surface area (Å²) in [5, 5.41) is 0. The van der Waals surface area contributed by atoms with Gasteiger partial charge in [-0.2, -0.15) is 0 Å². The number of nitrogens with zero attached hydrogens (tertiary/aromatic N) is 1. The number of carbonyl (C=O) groups excluding carboxylic acids is 1. The van der Waals surface area contributed by atoms with Crippen LogP contribution < -0.4 is 10.5 Å². The van der Waals surface area contributed by atoms with Gasteiger partial charge in [0.15, 0.2) is 6.61 Å². The van der Waals surface area contributed by atoms with E-state index in [4.69, 9.17) is 22.7 Å². The first-order valence-corrected chi connectivity index (χ1v) is 7.24. The van der Waals surface area contributed by atoms with Crippen LogP contribution in [0.3, 0.4) is 0 Å². The zero-order valence-electron chi connectivity index (χ0n) is 11.7. The number of aryl methyl sites for hydroxylation is 2. The minimum Gasteiger partial charge on any atom is -0.484 e. The Morgan fingerprint density at radius 2 is 2.15 bits per heavy atom. The van der Waals surface area contributed by atoms with Crippen molar-refractivity contribution in [1.82, 2.24) is 4.90 Å². The van der Waals surface area contributed by atoms with E-state index in [1.54, 1.807) is 11.9 Å². The monoisotopic (exact) mass is 292 g/mol. The number of thiocarbonyl (C=S) groups is 1. The number of fused-ring (bicyclic) bond motifs is 1. The standard InChI is InChI=1S/C15H20N2O2S/c1-17(8-7-14(16)20)15(18)10-19-13-6-5-11-3-2-4-12(11)9-13/h5-6,9H,2-4,7-8,10H2,1H3,(H2,16,20). The lowest BCUT2D eigenvalue weighted by Gasteiger charge is -2.17. The normalized spacial score (nSPS) is 12.8. The van der Waals surface area contributed by atoms with Crippen molar-refractivity contribution in [3.63, 3.8) is 0 Å². The number of carbonyl (C=O) groups is 1. The lowest BCUT2D eigenvalue weighted by Crippen LogP contribution is -2.33. The number of nitrogens with two attached hydrogens (primary N) is 1. The number of amides is 1. The maximum absolute atomic E-state index is 11.9. The van der Waals surface area contributed by atoms with Gasteiger partial charge in [0.25, 0.3) is 5.91 Å². The van der Waals surface area contributed by atoms with Crippen molar-refractivity contribution in [3.05, 3.63) is 29.3 Å². The van der Waals surface area contributed by atoms with E-state index in [1.165, 1.54) is 17.5 Å². The van der Waals surface area contributed by atoms with Gasteiger partial charge >= 0.3 is 0 Å². The Kier molecular flexibility index (Phi) is 4.95. The summed E-state index contributed by atoms with van der Waals surface area (Å²) in [5.41, 5.74) is 8.16. The molecule has 1 aliphatic rings. The van der Waals surface area contributed by atoms with E-state index in [0.29, 0.717) is 18.0 Å². The summed E-state index contributed by atoms with van der Waals surface area (Å²) < 4.78 is 5.57. The molecule has 0 saturated carbocycles. The zero-order valence-corrected chi connectivity index (χ0v) is 12.5. The largest absolute Gasteiger partial charge is 0.484 e. The van der Waals surface area contributed by atoms with Gasteiger partial charge in [0, 0.05) is 20.0 Å². The Hall–Kier alpha value is -1.62. The highest BCUT2D eigenvalue weighted by molar-refractivity contribution is 7.80. The molecule has 20 heavy (non-hydrogen) atoms. The fourth-order valence-electron chi connectivity index (χ4n) is 2.30. The van der Waals surface area contributed by atoms with Crippen molar-refractivity contribution >= 4 is 23.1 Å². The second-order valence-corrected chi connectivity index (χ2v) is 5.63. The van der Waals surface area contributed by atoms with Crippen molar-refractivity contribution in [2.24, 2.45) is 5.73 Å². The van der Waals surface area contributed by atoms with Gasteiger partial charge in [0.1, 0.15) is 5.75 Å². The van der Waals surface area contributed by atoms with Crippen LogP contribution in [0, 0.1) is 0 Å². The van der Waals surface area contributed by atoms with Crippen molar-refractivity contribution < 1.29 is 9.53 Å². The summed E-state index contributed by atoms with van der Waals surface area (Å²) in [6.07, 6.45) is 4.00. The molecule has 5 heteroatoms. The van der Waals surface area contributed by atoms with Crippen LogP contribution in [0.2, 0.25) is 0 Å². The predicted octanol–water partition coefficient (Wildman–Crippen LogP) is 1.69. The molecule has 0 bridgehead atoms. The third kappa shape index (κ3) is 3.93. The van der Waals surface area contributed by atoms with E-state index in [9.17, 15) is 4.79 Å². The molecule has 0 aliphatic heterocycles. The lowest BCUT2D eigenvalue weighted by atomic mass is 10.1. The van der Waals surface area contributed by atoms with E-state index in [2.05, 4.69) is 6.07 Å². The van der Waals surface area contributed by atoms with Gasteiger partial charge in [0.2, 0.25) is 0 Å². The Labute approximate surface area is 124 Å². The quantitative estimate of drug-likeness (QED) is 0.811. The van der Waals surface area contributed by atoms with Crippen LogP contribution in [-0.4, -0.2) is 36.0 Å². The van der Waals surface area contributed by atoms with Crippen LogP contribution in [0.15, 0.2) is 18.2 Å². The molecule has 1 aromatic rings. The van der Waals surface area contributed by atoms with E-state index in [0.717, 1.165) is 18.6 Å². The molecule has 1 aliphatic carbocycles. The smallest absolute Gasteiger partial charge is 0.260 e. The Morgan fingerprint density at radius 1 is 1.40 bits per heavy atom. The Balaban J connectivity index is 1.82. The average molecular weight is 292 g/mol. The van der Waals surface area contributed by atoms with Gasteiger partial charge in [-0.15, -0.1) is 0 Å². The van der Waals surface area contributed by atoms with Gasteiger partial charge in [0.05, 0.1) is 4.99 Å². The van der Waals surface area contributed by atoms with Crippen LogP contribution in [0.1, 0.15) is 24.0 Å². The highest BCUT2D eigenvalue weighted by atomic mass is 32.1. The van der Waals surface area contributed by atoms with Gasteiger partial charge in [-0.3, -0.25) is 4.79 Å². The van der Waals surface area contributed by atoms with Crippen molar-refractivity contribution in [1.29, 1.82) is 0 Å². The van der Waals surface area contributed by atoms with E-state index in [1.807, 2.05) is 12.1 Å². The lowest BCUT2D eigenvalue weighted by molar-refractivity contribution is -0.131. The molecule has 0 radical (unpaired) electrons. The summed E-state index contributed by atoms with van der Waals surface area (Å²) in [6, 6.07) is 6.08. The third-order valence-corrected chi connectivity index (χ3v) is 3.76. The first-order chi connectivity index (χ1) is 9.56. The van der Waals surface area contributed by atoms with E-state index < -0.39 is 0 Å². The van der Waals surface area contributed by atoms with E-state index in [-0.39, 0.29) is 12.5 Å². The molecule has 4 nitrogen and oxygen atoms in total. The molecular weight excluding hydrogens is 272 g/mol. The van der Waals surface area contributed by atoms with Gasteiger partial charge in [-0.1, -0.05) is 18.3 Å². The summed E-state index contributed by atoms with van der Waals surface area (Å²) in [7, 11) is 1.73. The second-order valence-electron chi connectivity index (χ2n) is 5.10. The Morgan fingerprint density at radius 3 is 2.90 bits per heavy atom. The van der Waals surface area contributed by atoms with Gasteiger partial charge in [-0.05, 0) is 42.5 Å². The summed E-state index contributed by atoms with van der Waals surface area (Å²) in [5.74, 6) is 0.698. The molecule has 108 valence electrons. The molecular formula is C15H20N2O2S. The van der Waals surface area contributed by atoms with Crippen LogP contribution in [0.5, 0.6) is 5.75 Å². The number of hydrogen-bond donors (Lipinski definition) is 1. The number of likely N-dealkylation sites (N-methyl/N-ethyl adjacent to an activating group) is 1. The second kappa shape index (κ2) is 6.70. The fraction of sp³-hybridized carbons (Fsp3) is 0.467. The van der Waals surface area contributed by atoms with E-state index >= 15 is 0 Å². The predicted molar refractivity (Wildman–Crippen MR) is 83.0 cm³/mol. The van der Waals surface area contributed by atoms with Crippen LogP contribution in [0.4, 0.5) is 0 Å². The number of hydrogen-bond acceptors (Lipinski definition) is 3. The number of ether oxygens (including phenoxy) is 1. The minimum atomic E-state index is -0.0678. The first-order valence-electron chi connectivity index (χ1n) is 6.83. The highest BCUT2D eigenvalue weighted by Gasteiger charge is 2.13. The first kappa shape index (κ1) is 14.8. The molecule has 1 aromatic carbocycles. The molecule has 2 N–H and O–H groups in total. The molecule has 0 heterocycles.